The van der Waals surface area contributed by atoms with Gasteiger partial charge in [-0.05, 0) is 37.9 Å². The first-order chi connectivity index (χ1) is 8.81. The fraction of sp³-hybridized carbons (Fsp3) is 0.400. The lowest BCUT2D eigenvalue weighted by Gasteiger charge is -2.15. The van der Waals surface area contributed by atoms with E-state index >= 15 is 0 Å². The molecule has 1 fully saturated rings. The number of pyridine rings is 1. The molecule has 0 amide bonds. The van der Waals surface area contributed by atoms with E-state index in [2.05, 4.69) is 17.1 Å². The van der Waals surface area contributed by atoms with Crippen LogP contribution in [0.25, 0.3) is 10.9 Å². The van der Waals surface area contributed by atoms with Crippen LogP contribution in [0.2, 0.25) is 0 Å². The zero-order valence-electron chi connectivity index (χ0n) is 10.4. The van der Waals surface area contributed by atoms with Gasteiger partial charge >= 0.3 is 0 Å². The lowest BCUT2D eigenvalue weighted by molar-refractivity contribution is 0.226. The topological polar surface area (TPSA) is 48.1 Å². The molecule has 0 aliphatic heterocycles. The highest BCUT2D eigenvalue weighted by Gasteiger charge is 2.42. The Labute approximate surface area is 107 Å². The van der Waals surface area contributed by atoms with E-state index in [0.717, 1.165) is 36.2 Å². The van der Waals surface area contributed by atoms with E-state index in [4.69, 9.17) is 10.5 Å². The maximum absolute atomic E-state index is 5.88. The summed E-state index contributed by atoms with van der Waals surface area (Å²) in [6.07, 6.45) is 5.35. The Kier molecular flexibility index (Phi) is 2.92. The van der Waals surface area contributed by atoms with Crippen LogP contribution in [-0.4, -0.2) is 18.1 Å². The van der Waals surface area contributed by atoms with E-state index in [-0.39, 0.29) is 0 Å². The zero-order valence-corrected chi connectivity index (χ0v) is 10.4. The van der Waals surface area contributed by atoms with Gasteiger partial charge in [0, 0.05) is 10.8 Å². The van der Waals surface area contributed by atoms with E-state index in [0.29, 0.717) is 5.41 Å². The Morgan fingerprint density at radius 3 is 2.89 bits per heavy atom. The number of rotatable bonds is 5. The highest BCUT2D eigenvalue weighted by molar-refractivity contribution is 5.79. The summed E-state index contributed by atoms with van der Waals surface area (Å²) in [6.45, 7) is 1.52. The largest absolute Gasteiger partial charge is 0.491 e. The molecule has 1 aromatic heterocycles. The first kappa shape index (κ1) is 11.5. The molecule has 1 saturated carbocycles. The molecular weight excluding hydrogens is 224 g/mol. The first-order valence-corrected chi connectivity index (χ1v) is 6.49. The number of para-hydroxylation sites is 1. The summed E-state index contributed by atoms with van der Waals surface area (Å²) in [5, 5.41) is 1.12. The lowest BCUT2D eigenvalue weighted by Crippen LogP contribution is -2.17. The Morgan fingerprint density at radius 1 is 1.28 bits per heavy atom. The van der Waals surface area contributed by atoms with E-state index in [1.165, 1.54) is 12.8 Å². The van der Waals surface area contributed by atoms with Crippen LogP contribution in [0.3, 0.4) is 0 Å². The van der Waals surface area contributed by atoms with Gasteiger partial charge in [0.25, 0.3) is 0 Å². The molecule has 0 spiro atoms. The molecule has 2 aromatic rings. The molecule has 3 rings (SSSR count). The molecule has 0 saturated heterocycles. The fourth-order valence-corrected chi connectivity index (χ4v) is 2.32. The third kappa shape index (κ3) is 2.31. The van der Waals surface area contributed by atoms with Crippen molar-refractivity contribution in [2.75, 3.05) is 13.2 Å². The van der Waals surface area contributed by atoms with Gasteiger partial charge in [0.2, 0.25) is 0 Å². The maximum Gasteiger partial charge on any atom is 0.138 e. The second-order valence-corrected chi connectivity index (χ2v) is 5.19. The summed E-state index contributed by atoms with van der Waals surface area (Å²) in [5.41, 5.74) is 6.99. The van der Waals surface area contributed by atoms with Crippen molar-refractivity contribution in [2.45, 2.75) is 19.3 Å². The number of benzene rings is 1. The van der Waals surface area contributed by atoms with Crippen LogP contribution in [0.4, 0.5) is 0 Å². The minimum absolute atomic E-state index is 0.348. The van der Waals surface area contributed by atoms with E-state index in [1.807, 2.05) is 18.2 Å². The molecular formula is C15H18N2O. The predicted octanol–water partition coefficient (Wildman–Crippen LogP) is 2.74. The van der Waals surface area contributed by atoms with Crippen LogP contribution >= 0.6 is 0 Å². The number of fused-ring (bicyclic) bond motifs is 1. The van der Waals surface area contributed by atoms with Crippen molar-refractivity contribution in [1.82, 2.24) is 4.98 Å². The number of nitrogens with two attached hydrogens (primary N) is 1. The van der Waals surface area contributed by atoms with Gasteiger partial charge in [-0.25, -0.2) is 0 Å². The molecule has 1 aliphatic rings. The summed E-state index contributed by atoms with van der Waals surface area (Å²) in [4.78, 5) is 4.40. The smallest absolute Gasteiger partial charge is 0.138 e. The molecule has 1 aliphatic carbocycles. The van der Waals surface area contributed by atoms with E-state index < -0.39 is 0 Å². The van der Waals surface area contributed by atoms with Crippen LogP contribution in [0.5, 0.6) is 5.75 Å². The first-order valence-electron chi connectivity index (χ1n) is 6.49. The Bertz CT molecular complexity index is 549. The van der Waals surface area contributed by atoms with Gasteiger partial charge in [-0.3, -0.25) is 4.98 Å². The molecule has 2 N–H and O–H groups in total. The minimum atomic E-state index is 0.348. The summed E-state index contributed by atoms with van der Waals surface area (Å²) in [5.74, 6) is 0.858. The molecule has 3 nitrogen and oxygen atoms in total. The summed E-state index contributed by atoms with van der Waals surface area (Å²) < 4.78 is 5.88. The van der Waals surface area contributed by atoms with Crippen LogP contribution in [0, 0.1) is 5.41 Å². The molecule has 1 heterocycles. The predicted molar refractivity (Wildman–Crippen MR) is 72.6 cm³/mol. The summed E-state index contributed by atoms with van der Waals surface area (Å²) >= 11 is 0. The number of nitrogens with zero attached hydrogens (tertiary/aromatic N) is 1. The molecule has 94 valence electrons. The zero-order chi connectivity index (χ0) is 12.4. The fourth-order valence-electron chi connectivity index (χ4n) is 2.32. The Hall–Kier alpha value is -1.61. The van der Waals surface area contributed by atoms with Gasteiger partial charge in [-0.2, -0.15) is 0 Å². The van der Waals surface area contributed by atoms with Crippen LogP contribution in [-0.2, 0) is 0 Å². The second kappa shape index (κ2) is 4.58. The highest BCUT2D eigenvalue weighted by atomic mass is 16.5. The summed E-state index contributed by atoms with van der Waals surface area (Å²) in [6, 6.07) is 10.1. The van der Waals surface area contributed by atoms with E-state index in [9.17, 15) is 0 Å². The van der Waals surface area contributed by atoms with Gasteiger partial charge in [0.15, 0.2) is 0 Å². The third-order valence-corrected chi connectivity index (χ3v) is 3.74. The Morgan fingerprint density at radius 2 is 2.11 bits per heavy atom. The van der Waals surface area contributed by atoms with E-state index in [1.54, 1.807) is 6.20 Å². The van der Waals surface area contributed by atoms with Gasteiger partial charge in [-0.1, -0.05) is 18.2 Å². The maximum atomic E-state index is 5.88. The van der Waals surface area contributed by atoms with Crippen molar-refractivity contribution in [3.8, 4) is 5.75 Å². The SMILES string of the molecule is NCCC1(COc2cnc3ccccc3c2)CC1. The van der Waals surface area contributed by atoms with Crippen molar-refractivity contribution in [1.29, 1.82) is 0 Å². The highest BCUT2D eigenvalue weighted by Crippen LogP contribution is 2.48. The van der Waals surface area contributed by atoms with Crippen molar-refractivity contribution in [3.63, 3.8) is 0 Å². The quantitative estimate of drug-likeness (QED) is 0.877. The van der Waals surface area contributed by atoms with Crippen LogP contribution in [0.15, 0.2) is 36.5 Å². The standard InChI is InChI=1S/C15H18N2O/c16-8-7-15(5-6-15)11-18-13-9-12-3-1-2-4-14(12)17-10-13/h1-4,9-10H,5-8,11,16H2. The molecule has 0 unspecified atom stereocenters. The monoisotopic (exact) mass is 242 g/mol. The van der Waals surface area contributed by atoms with Crippen molar-refractivity contribution >= 4 is 10.9 Å². The molecule has 0 radical (unpaired) electrons. The van der Waals surface area contributed by atoms with Crippen molar-refractivity contribution in [2.24, 2.45) is 11.1 Å². The van der Waals surface area contributed by atoms with Crippen molar-refractivity contribution < 1.29 is 4.74 Å². The van der Waals surface area contributed by atoms with Gasteiger partial charge in [0.1, 0.15) is 5.75 Å². The molecule has 0 bridgehead atoms. The average molecular weight is 242 g/mol. The number of hydrogen-bond acceptors (Lipinski definition) is 3. The van der Waals surface area contributed by atoms with Crippen LogP contribution in [0.1, 0.15) is 19.3 Å². The molecule has 3 heteroatoms. The normalized spacial score (nSPS) is 16.7. The van der Waals surface area contributed by atoms with Gasteiger partial charge in [0.05, 0.1) is 18.3 Å². The van der Waals surface area contributed by atoms with Gasteiger partial charge in [-0.15, -0.1) is 0 Å². The molecule has 18 heavy (non-hydrogen) atoms. The number of ether oxygens (including phenoxy) is 1. The number of hydrogen-bond donors (Lipinski definition) is 1. The minimum Gasteiger partial charge on any atom is -0.491 e. The summed E-state index contributed by atoms with van der Waals surface area (Å²) in [7, 11) is 0. The average Bonchev–Trinajstić information content (AvgIpc) is 3.17. The van der Waals surface area contributed by atoms with Crippen LogP contribution < -0.4 is 10.5 Å². The third-order valence-electron chi connectivity index (χ3n) is 3.74. The molecule has 0 atom stereocenters. The number of aromatic nitrogens is 1. The van der Waals surface area contributed by atoms with Crippen molar-refractivity contribution in [3.05, 3.63) is 36.5 Å². The molecule has 1 aromatic carbocycles. The van der Waals surface area contributed by atoms with Gasteiger partial charge < -0.3 is 10.5 Å². The lowest BCUT2D eigenvalue weighted by atomic mass is 10.0. The Balaban J connectivity index is 1.71. The second-order valence-electron chi connectivity index (χ2n) is 5.19.